The molecule has 0 atom stereocenters. The molecule has 1 aliphatic heterocycles. The molecule has 1 fully saturated rings. The standard InChI is InChI=1S/C16H20ClN3O3S/c1-11-4-5-14(10-15(11)17)19-6-8-20(9-7-19)24(21,22)16-12(2)18-23-13(16)3/h4-5,10H,6-9H2,1-3H3. The summed E-state index contributed by atoms with van der Waals surface area (Å²) in [5, 5.41) is 4.47. The van der Waals surface area contributed by atoms with Gasteiger partial charge in [-0.15, -0.1) is 0 Å². The van der Waals surface area contributed by atoms with E-state index in [9.17, 15) is 8.42 Å². The van der Waals surface area contributed by atoms with Crippen molar-refractivity contribution in [3.05, 3.63) is 40.2 Å². The van der Waals surface area contributed by atoms with Crippen LogP contribution in [0.4, 0.5) is 5.69 Å². The number of nitrogens with zero attached hydrogens (tertiary/aromatic N) is 3. The largest absolute Gasteiger partial charge is 0.369 e. The van der Waals surface area contributed by atoms with Crippen LogP contribution in [-0.4, -0.2) is 44.1 Å². The Morgan fingerprint density at radius 1 is 1.12 bits per heavy atom. The Hall–Kier alpha value is -1.57. The van der Waals surface area contributed by atoms with Crippen LogP contribution in [0, 0.1) is 20.8 Å². The second-order valence-corrected chi connectivity index (χ2v) is 8.26. The molecule has 0 aliphatic carbocycles. The van der Waals surface area contributed by atoms with Crippen LogP contribution in [-0.2, 0) is 10.0 Å². The third-order valence-electron chi connectivity index (χ3n) is 4.32. The molecule has 0 bridgehead atoms. The predicted octanol–water partition coefficient (Wildman–Crippen LogP) is 2.76. The highest BCUT2D eigenvalue weighted by Gasteiger charge is 2.33. The Labute approximate surface area is 147 Å². The quantitative estimate of drug-likeness (QED) is 0.832. The molecule has 8 heteroatoms. The molecular formula is C16H20ClN3O3S. The number of halogens is 1. The summed E-state index contributed by atoms with van der Waals surface area (Å²) >= 11 is 6.19. The maximum atomic E-state index is 12.8. The molecular weight excluding hydrogens is 350 g/mol. The maximum absolute atomic E-state index is 12.8. The van der Waals surface area contributed by atoms with Gasteiger partial charge in [-0.05, 0) is 38.5 Å². The summed E-state index contributed by atoms with van der Waals surface area (Å²) < 4.78 is 32.1. The van der Waals surface area contributed by atoms with Crippen molar-refractivity contribution in [1.29, 1.82) is 0 Å². The molecule has 0 unspecified atom stereocenters. The first kappa shape index (κ1) is 17.3. The molecule has 1 aliphatic rings. The molecule has 0 N–H and O–H groups in total. The molecule has 2 heterocycles. The molecule has 0 saturated carbocycles. The molecule has 130 valence electrons. The Balaban J connectivity index is 1.76. The summed E-state index contributed by atoms with van der Waals surface area (Å²) in [7, 11) is -3.58. The van der Waals surface area contributed by atoms with Crippen molar-refractivity contribution in [1.82, 2.24) is 9.46 Å². The van der Waals surface area contributed by atoms with Crippen molar-refractivity contribution in [2.45, 2.75) is 25.7 Å². The molecule has 3 rings (SSSR count). The Kier molecular flexibility index (Phi) is 4.59. The van der Waals surface area contributed by atoms with Gasteiger partial charge in [-0.3, -0.25) is 0 Å². The van der Waals surface area contributed by atoms with Gasteiger partial charge in [0.25, 0.3) is 0 Å². The number of anilines is 1. The summed E-state index contributed by atoms with van der Waals surface area (Å²) in [6, 6.07) is 5.92. The highest BCUT2D eigenvalue weighted by atomic mass is 35.5. The van der Waals surface area contributed by atoms with Crippen molar-refractivity contribution in [2.24, 2.45) is 0 Å². The fourth-order valence-corrected chi connectivity index (χ4v) is 4.83. The first-order valence-electron chi connectivity index (χ1n) is 7.75. The van der Waals surface area contributed by atoms with Crippen LogP contribution in [0.5, 0.6) is 0 Å². The fourth-order valence-electron chi connectivity index (χ4n) is 2.94. The van der Waals surface area contributed by atoms with Gasteiger partial charge in [0.05, 0.1) is 0 Å². The summed E-state index contributed by atoms with van der Waals surface area (Å²) in [4.78, 5) is 2.33. The number of benzene rings is 1. The number of aromatic nitrogens is 1. The Morgan fingerprint density at radius 3 is 2.33 bits per heavy atom. The summed E-state index contributed by atoms with van der Waals surface area (Å²) in [5.41, 5.74) is 2.44. The van der Waals surface area contributed by atoms with Crippen molar-refractivity contribution in [3.63, 3.8) is 0 Å². The highest BCUT2D eigenvalue weighted by molar-refractivity contribution is 7.89. The van der Waals surface area contributed by atoms with Crippen LogP contribution in [0.3, 0.4) is 0 Å². The monoisotopic (exact) mass is 369 g/mol. The number of sulfonamides is 1. The molecule has 0 spiro atoms. The lowest BCUT2D eigenvalue weighted by Crippen LogP contribution is -2.48. The minimum Gasteiger partial charge on any atom is -0.369 e. The van der Waals surface area contributed by atoms with Gasteiger partial charge in [0, 0.05) is 36.9 Å². The first-order chi connectivity index (χ1) is 11.3. The molecule has 0 amide bonds. The molecule has 24 heavy (non-hydrogen) atoms. The topological polar surface area (TPSA) is 66.7 Å². The lowest BCUT2D eigenvalue weighted by Gasteiger charge is -2.35. The van der Waals surface area contributed by atoms with Gasteiger partial charge in [0.1, 0.15) is 10.6 Å². The van der Waals surface area contributed by atoms with E-state index >= 15 is 0 Å². The van der Waals surface area contributed by atoms with E-state index < -0.39 is 10.0 Å². The van der Waals surface area contributed by atoms with Crippen molar-refractivity contribution in [3.8, 4) is 0 Å². The zero-order valence-electron chi connectivity index (χ0n) is 13.9. The molecule has 1 aromatic heterocycles. The maximum Gasteiger partial charge on any atom is 0.248 e. The Morgan fingerprint density at radius 2 is 1.79 bits per heavy atom. The van der Waals surface area contributed by atoms with E-state index in [0.29, 0.717) is 37.6 Å². The van der Waals surface area contributed by atoms with Crippen molar-refractivity contribution in [2.75, 3.05) is 31.1 Å². The predicted molar refractivity (Wildman–Crippen MR) is 93.1 cm³/mol. The van der Waals surface area contributed by atoms with E-state index in [1.807, 2.05) is 25.1 Å². The minimum absolute atomic E-state index is 0.189. The van der Waals surface area contributed by atoms with Crippen LogP contribution in [0.2, 0.25) is 5.02 Å². The summed E-state index contributed by atoms with van der Waals surface area (Å²) in [5.74, 6) is 0.334. The Bertz CT molecular complexity index is 836. The number of hydrogen-bond donors (Lipinski definition) is 0. The van der Waals surface area contributed by atoms with E-state index in [1.165, 1.54) is 4.31 Å². The van der Waals surface area contributed by atoms with Crippen LogP contribution < -0.4 is 4.90 Å². The summed E-state index contributed by atoms with van der Waals surface area (Å²) in [6.07, 6.45) is 0. The zero-order chi connectivity index (χ0) is 17.5. The van der Waals surface area contributed by atoms with Gasteiger partial charge in [-0.1, -0.05) is 22.8 Å². The molecule has 2 aromatic rings. The van der Waals surface area contributed by atoms with Crippen LogP contribution in [0.1, 0.15) is 17.0 Å². The fraction of sp³-hybridized carbons (Fsp3) is 0.438. The highest BCUT2D eigenvalue weighted by Crippen LogP contribution is 2.27. The van der Waals surface area contributed by atoms with Crippen molar-refractivity contribution < 1.29 is 12.9 Å². The van der Waals surface area contributed by atoms with Gasteiger partial charge in [-0.25, -0.2) is 8.42 Å². The second kappa shape index (κ2) is 6.38. The van der Waals surface area contributed by atoms with Crippen LogP contribution >= 0.6 is 11.6 Å². The molecule has 6 nitrogen and oxygen atoms in total. The van der Waals surface area contributed by atoms with Gasteiger partial charge >= 0.3 is 0 Å². The van der Waals surface area contributed by atoms with E-state index in [0.717, 1.165) is 16.3 Å². The van der Waals surface area contributed by atoms with E-state index in [2.05, 4.69) is 10.1 Å². The third-order valence-corrected chi connectivity index (χ3v) is 6.88. The first-order valence-corrected chi connectivity index (χ1v) is 9.56. The van der Waals surface area contributed by atoms with Crippen LogP contribution in [0.25, 0.3) is 0 Å². The number of aryl methyl sites for hydroxylation is 3. The smallest absolute Gasteiger partial charge is 0.248 e. The second-order valence-electron chi connectivity index (χ2n) is 5.98. The van der Waals surface area contributed by atoms with Crippen molar-refractivity contribution >= 4 is 27.3 Å². The van der Waals surface area contributed by atoms with Gasteiger partial charge in [0.15, 0.2) is 5.76 Å². The zero-order valence-corrected chi connectivity index (χ0v) is 15.5. The lowest BCUT2D eigenvalue weighted by molar-refractivity contribution is 0.378. The molecule has 1 saturated heterocycles. The minimum atomic E-state index is -3.58. The van der Waals surface area contributed by atoms with Gasteiger partial charge in [0.2, 0.25) is 10.0 Å². The number of hydrogen-bond acceptors (Lipinski definition) is 5. The normalized spacial score (nSPS) is 16.6. The van der Waals surface area contributed by atoms with Gasteiger partial charge in [-0.2, -0.15) is 4.31 Å². The number of piperazine rings is 1. The lowest BCUT2D eigenvalue weighted by atomic mass is 10.2. The van der Waals surface area contributed by atoms with Crippen LogP contribution in [0.15, 0.2) is 27.6 Å². The molecule has 0 radical (unpaired) electrons. The van der Waals surface area contributed by atoms with E-state index in [4.69, 9.17) is 16.1 Å². The average molecular weight is 370 g/mol. The van der Waals surface area contributed by atoms with E-state index in [-0.39, 0.29) is 4.90 Å². The number of rotatable bonds is 3. The molecule has 1 aromatic carbocycles. The van der Waals surface area contributed by atoms with Gasteiger partial charge < -0.3 is 9.42 Å². The SMILES string of the molecule is Cc1ccc(N2CCN(S(=O)(=O)c3c(C)noc3C)CC2)cc1Cl. The average Bonchev–Trinajstić information content (AvgIpc) is 2.89. The van der Waals surface area contributed by atoms with E-state index in [1.54, 1.807) is 13.8 Å². The third kappa shape index (κ3) is 3.03. The summed E-state index contributed by atoms with van der Waals surface area (Å²) in [6.45, 7) is 7.28.